The molecule has 1 aromatic rings. The second-order valence-corrected chi connectivity index (χ2v) is 4.05. The largest absolute Gasteiger partial charge is 0.375 e. The van der Waals surface area contributed by atoms with Gasteiger partial charge >= 0.3 is 0 Å². The quantitative estimate of drug-likeness (QED) is 0.754. The molecule has 2 N–H and O–H groups in total. The normalized spacial score (nSPS) is 20.9. The second-order valence-electron chi connectivity index (χ2n) is 4.05. The van der Waals surface area contributed by atoms with Crippen LogP contribution in [0.3, 0.4) is 0 Å². The highest BCUT2D eigenvalue weighted by atomic mass is 16.5. The van der Waals surface area contributed by atoms with Crippen molar-refractivity contribution in [2.75, 3.05) is 6.61 Å². The third-order valence-electron chi connectivity index (χ3n) is 3.02. The minimum atomic E-state index is 0.558. The maximum atomic E-state index is 5.69. The standard InChI is InChI=1S/C10H15N3O/c11-5-9-8-3-4-14-6-10(8)13(12-9)7-1-2-7/h7H,1-6,11H2. The van der Waals surface area contributed by atoms with Crippen molar-refractivity contribution >= 4 is 0 Å². The fraction of sp³-hybridized carbons (Fsp3) is 0.700. The van der Waals surface area contributed by atoms with Gasteiger partial charge in [0, 0.05) is 12.1 Å². The van der Waals surface area contributed by atoms with Gasteiger partial charge in [-0.3, -0.25) is 4.68 Å². The third kappa shape index (κ3) is 1.18. The molecule has 1 aliphatic heterocycles. The van der Waals surface area contributed by atoms with Gasteiger partial charge in [0.15, 0.2) is 0 Å². The molecule has 1 saturated carbocycles. The van der Waals surface area contributed by atoms with Crippen LogP contribution in [0.2, 0.25) is 0 Å². The first-order chi connectivity index (χ1) is 6.90. The number of rotatable bonds is 2. The van der Waals surface area contributed by atoms with Crippen molar-refractivity contribution in [2.45, 2.75) is 38.5 Å². The number of fused-ring (bicyclic) bond motifs is 1. The van der Waals surface area contributed by atoms with Crippen LogP contribution in [0.25, 0.3) is 0 Å². The van der Waals surface area contributed by atoms with Gasteiger partial charge in [0.1, 0.15) is 0 Å². The van der Waals surface area contributed by atoms with Gasteiger partial charge in [-0.25, -0.2) is 0 Å². The highest BCUT2D eigenvalue weighted by Gasteiger charge is 2.30. The molecule has 0 bridgehead atoms. The van der Waals surface area contributed by atoms with Crippen molar-refractivity contribution in [1.82, 2.24) is 9.78 Å². The lowest BCUT2D eigenvalue weighted by molar-refractivity contribution is 0.104. The molecular weight excluding hydrogens is 178 g/mol. The summed E-state index contributed by atoms with van der Waals surface area (Å²) in [7, 11) is 0. The van der Waals surface area contributed by atoms with Crippen LogP contribution in [-0.4, -0.2) is 16.4 Å². The smallest absolute Gasteiger partial charge is 0.0887 e. The predicted molar refractivity (Wildman–Crippen MR) is 51.7 cm³/mol. The summed E-state index contributed by atoms with van der Waals surface area (Å²) >= 11 is 0. The molecule has 14 heavy (non-hydrogen) atoms. The lowest BCUT2D eigenvalue weighted by Gasteiger charge is -2.14. The maximum absolute atomic E-state index is 5.69. The Labute approximate surface area is 83.0 Å². The summed E-state index contributed by atoms with van der Waals surface area (Å²) in [5.74, 6) is 0. The highest BCUT2D eigenvalue weighted by molar-refractivity contribution is 5.28. The molecule has 1 aliphatic carbocycles. The van der Waals surface area contributed by atoms with E-state index in [2.05, 4.69) is 9.78 Å². The molecule has 2 aliphatic rings. The van der Waals surface area contributed by atoms with Crippen LogP contribution in [0.4, 0.5) is 0 Å². The minimum Gasteiger partial charge on any atom is -0.375 e. The average molecular weight is 193 g/mol. The molecule has 1 fully saturated rings. The first kappa shape index (κ1) is 8.44. The molecule has 2 heterocycles. The topological polar surface area (TPSA) is 53.1 Å². The lowest BCUT2D eigenvalue weighted by atomic mass is 10.1. The highest BCUT2D eigenvalue weighted by Crippen LogP contribution is 2.37. The van der Waals surface area contributed by atoms with Gasteiger partial charge in [-0.05, 0) is 19.3 Å². The predicted octanol–water partition coefficient (Wildman–Crippen LogP) is 0.749. The third-order valence-corrected chi connectivity index (χ3v) is 3.02. The van der Waals surface area contributed by atoms with E-state index in [-0.39, 0.29) is 0 Å². The van der Waals surface area contributed by atoms with E-state index in [4.69, 9.17) is 10.5 Å². The van der Waals surface area contributed by atoms with Gasteiger partial charge in [-0.2, -0.15) is 5.10 Å². The van der Waals surface area contributed by atoms with Crippen molar-refractivity contribution < 1.29 is 4.74 Å². The molecule has 0 amide bonds. The molecule has 4 nitrogen and oxygen atoms in total. The summed E-state index contributed by atoms with van der Waals surface area (Å²) in [6, 6.07) is 0.630. The van der Waals surface area contributed by atoms with E-state index in [9.17, 15) is 0 Å². The summed E-state index contributed by atoms with van der Waals surface area (Å²) in [5, 5.41) is 4.58. The zero-order chi connectivity index (χ0) is 9.54. The molecule has 1 aromatic heterocycles. The van der Waals surface area contributed by atoms with Crippen LogP contribution in [0.5, 0.6) is 0 Å². The van der Waals surface area contributed by atoms with Crippen LogP contribution in [0, 0.1) is 0 Å². The Kier molecular flexibility index (Phi) is 1.85. The van der Waals surface area contributed by atoms with Crippen LogP contribution < -0.4 is 5.73 Å². The Hall–Kier alpha value is -0.870. The Morgan fingerprint density at radius 2 is 2.36 bits per heavy atom. The van der Waals surface area contributed by atoms with E-state index in [1.165, 1.54) is 24.1 Å². The number of ether oxygens (including phenoxy) is 1. The zero-order valence-electron chi connectivity index (χ0n) is 8.20. The van der Waals surface area contributed by atoms with Crippen molar-refractivity contribution in [3.8, 4) is 0 Å². The summed E-state index contributed by atoms with van der Waals surface area (Å²) in [6.07, 6.45) is 3.50. The second kappa shape index (κ2) is 3.07. The molecule has 0 radical (unpaired) electrons. The Morgan fingerprint density at radius 1 is 1.50 bits per heavy atom. The number of aromatic nitrogens is 2. The molecule has 4 heteroatoms. The molecule has 76 valence electrons. The summed E-state index contributed by atoms with van der Waals surface area (Å²) in [4.78, 5) is 0. The zero-order valence-corrected chi connectivity index (χ0v) is 8.20. The van der Waals surface area contributed by atoms with Crippen LogP contribution >= 0.6 is 0 Å². The van der Waals surface area contributed by atoms with E-state index in [0.29, 0.717) is 12.6 Å². The van der Waals surface area contributed by atoms with Crippen LogP contribution in [0.1, 0.15) is 35.8 Å². The van der Waals surface area contributed by atoms with Gasteiger partial charge in [0.2, 0.25) is 0 Å². The summed E-state index contributed by atoms with van der Waals surface area (Å²) < 4.78 is 7.62. The molecule has 0 spiro atoms. The summed E-state index contributed by atoms with van der Waals surface area (Å²) in [5.41, 5.74) is 9.40. The first-order valence-corrected chi connectivity index (χ1v) is 5.27. The fourth-order valence-electron chi connectivity index (χ4n) is 2.13. The number of nitrogens with zero attached hydrogens (tertiary/aromatic N) is 2. The molecule has 0 atom stereocenters. The molecule has 0 unspecified atom stereocenters. The van der Waals surface area contributed by atoms with Gasteiger partial charge in [-0.15, -0.1) is 0 Å². The van der Waals surface area contributed by atoms with Crippen molar-refractivity contribution in [3.63, 3.8) is 0 Å². The van der Waals surface area contributed by atoms with Gasteiger partial charge in [0.05, 0.1) is 30.6 Å². The van der Waals surface area contributed by atoms with Crippen molar-refractivity contribution in [3.05, 3.63) is 17.0 Å². The van der Waals surface area contributed by atoms with Gasteiger partial charge in [-0.1, -0.05) is 0 Å². The first-order valence-electron chi connectivity index (χ1n) is 5.27. The molecule has 0 aromatic carbocycles. The summed E-state index contributed by atoms with van der Waals surface area (Å²) in [6.45, 7) is 2.09. The number of nitrogens with two attached hydrogens (primary N) is 1. The average Bonchev–Trinajstić information content (AvgIpc) is 3.00. The lowest BCUT2D eigenvalue weighted by Crippen LogP contribution is -2.13. The number of hydrogen-bond donors (Lipinski definition) is 1. The monoisotopic (exact) mass is 193 g/mol. The molecular formula is C10H15N3O. The fourth-order valence-corrected chi connectivity index (χ4v) is 2.13. The Balaban J connectivity index is 2.07. The van der Waals surface area contributed by atoms with Crippen molar-refractivity contribution in [1.29, 1.82) is 0 Å². The van der Waals surface area contributed by atoms with Crippen LogP contribution in [0.15, 0.2) is 0 Å². The van der Waals surface area contributed by atoms with Gasteiger partial charge < -0.3 is 10.5 Å². The van der Waals surface area contributed by atoms with E-state index in [1.54, 1.807) is 0 Å². The number of hydrogen-bond acceptors (Lipinski definition) is 3. The minimum absolute atomic E-state index is 0.558. The van der Waals surface area contributed by atoms with Crippen LogP contribution in [-0.2, 0) is 24.3 Å². The van der Waals surface area contributed by atoms with E-state index in [1.807, 2.05) is 0 Å². The Bertz CT molecular complexity index is 354. The molecule has 3 rings (SSSR count). The van der Waals surface area contributed by atoms with Crippen molar-refractivity contribution in [2.24, 2.45) is 5.73 Å². The van der Waals surface area contributed by atoms with Gasteiger partial charge in [0.25, 0.3) is 0 Å². The SMILES string of the molecule is NCc1nn(C2CC2)c2c1CCOC2. The van der Waals surface area contributed by atoms with E-state index in [0.717, 1.165) is 25.3 Å². The maximum Gasteiger partial charge on any atom is 0.0887 e. The Morgan fingerprint density at radius 3 is 3.07 bits per heavy atom. The molecule has 0 saturated heterocycles. The van der Waals surface area contributed by atoms with E-state index >= 15 is 0 Å². The van der Waals surface area contributed by atoms with E-state index < -0.39 is 0 Å².